The highest BCUT2D eigenvalue weighted by Gasteiger charge is 2.22. The predicted molar refractivity (Wildman–Crippen MR) is 193 cm³/mol. The summed E-state index contributed by atoms with van der Waals surface area (Å²) in [6.07, 6.45) is 3.42. The predicted octanol–water partition coefficient (Wildman–Crippen LogP) is 7.16. The third kappa shape index (κ3) is 10.2. The molecule has 2 heterocycles. The van der Waals surface area contributed by atoms with Gasteiger partial charge in [0, 0.05) is 27.3 Å². The molecule has 254 valence electrons. The number of thiazole rings is 1. The number of nitrogens with zero attached hydrogens (tertiary/aromatic N) is 4. The van der Waals surface area contributed by atoms with Crippen molar-refractivity contribution in [3.63, 3.8) is 0 Å². The number of aromatic nitrogens is 2. The standard InChI is InChI=1S/C35H36ClN7O4S2/c1-4-5-6-7-28(38)32(44)41-21(2)35(45)47-17-16-46-26-14-10-22(11-15-26)29-27(18-37)34(43-31(39)30(29)40-3)49-20-25-19-48-33(42-25)23-8-12-24(36)13-9-23/h8-15,19,21,28H,4-7,16-17,20,38H2,1-2H3,(H2,39,43)(H,41,44)/t21-,28-/m0/s1. The maximum atomic E-state index is 12.3. The van der Waals surface area contributed by atoms with Gasteiger partial charge in [0.15, 0.2) is 0 Å². The molecule has 2 aromatic carbocycles. The molecule has 2 aromatic heterocycles. The molecule has 5 N–H and O–H groups in total. The Kier molecular flexibility index (Phi) is 13.8. The molecule has 0 fully saturated rings. The summed E-state index contributed by atoms with van der Waals surface area (Å²) in [5.41, 5.74) is 15.2. The maximum Gasteiger partial charge on any atom is 0.328 e. The average Bonchev–Trinajstić information content (AvgIpc) is 3.58. The third-order valence-electron chi connectivity index (χ3n) is 7.30. The van der Waals surface area contributed by atoms with Gasteiger partial charge in [-0.25, -0.2) is 19.6 Å². The number of halogens is 1. The van der Waals surface area contributed by atoms with Crippen molar-refractivity contribution in [2.45, 2.75) is 62.4 Å². The number of carbonyl (C=O) groups is 2. The number of esters is 1. The Morgan fingerprint density at radius 2 is 1.84 bits per heavy atom. The molecule has 49 heavy (non-hydrogen) atoms. The zero-order valence-electron chi connectivity index (χ0n) is 27.1. The van der Waals surface area contributed by atoms with Gasteiger partial charge in [0.2, 0.25) is 11.6 Å². The number of hydrogen-bond donors (Lipinski definition) is 3. The van der Waals surface area contributed by atoms with Crippen molar-refractivity contribution in [3.05, 3.63) is 81.6 Å². The zero-order chi connectivity index (χ0) is 35.3. The van der Waals surface area contributed by atoms with Crippen LogP contribution in [0.2, 0.25) is 5.02 Å². The van der Waals surface area contributed by atoms with Gasteiger partial charge in [-0.05, 0) is 43.2 Å². The van der Waals surface area contributed by atoms with Crippen LogP contribution < -0.4 is 21.5 Å². The van der Waals surface area contributed by atoms with Gasteiger partial charge >= 0.3 is 5.97 Å². The maximum absolute atomic E-state index is 12.3. The lowest BCUT2D eigenvalue weighted by Crippen LogP contribution is -2.47. The van der Waals surface area contributed by atoms with Crippen molar-refractivity contribution >= 4 is 58.1 Å². The summed E-state index contributed by atoms with van der Waals surface area (Å²) in [6.45, 7) is 11.4. The van der Waals surface area contributed by atoms with Gasteiger partial charge in [-0.2, -0.15) is 5.26 Å². The Morgan fingerprint density at radius 3 is 2.51 bits per heavy atom. The molecule has 0 bridgehead atoms. The van der Waals surface area contributed by atoms with Crippen LogP contribution in [-0.4, -0.2) is 47.1 Å². The number of anilines is 1. The minimum atomic E-state index is -0.848. The first-order valence-electron chi connectivity index (χ1n) is 15.5. The van der Waals surface area contributed by atoms with Crippen LogP contribution in [0.5, 0.6) is 5.75 Å². The molecule has 0 unspecified atom stereocenters. The summed E-state index contributed by atoms with van der Waals surface area (Å²) in [7, 11) is 0. The first kappa shape index (κ1) is 37.2. The van der Waals surface area contributed by atoms with E-state index < -0.39 is 18.1 Å². The molecule has 4 rings (SSSR count). The Labute approximate surface area is 298 Å². The molecule has 0 aliphatic carbocycles. The number of carbonyl (C=O) groups excluding carboxylic acids is 2. The van der Waals surface area contributed by atoms with E-state index in [9.17, 15) is 14.9 Å². The SMILES string of the molecule is [C-]#[N+]c1c(N)nc(SCc2csc(-c3ccc(Cl)cc3)n2)c(C#N)c1-c1ccc(OCCOC(=O)[C@H](C)NC(=O)[C@@H](N)CCCCC)cc1. The summed E-state index contributed by atoms with van der Waals surface area (Å²) >= 11 is 8.83. The molecule has 0 saturated carbocycles. The van der Waals surface area contributed by atoms with Crippen LogP contribution in [-0.2, 0) is 20.1 Å². The number of benzene rings is 2. The summed E-state index contributed by atoms with van der Waals surface area (Å²) in [4.78, 5) is 37.3. The molecule has 0 aliphatic rings. The van der Waals surface area contributed by atoms with E-state index in [1.165, 1.54) is 23.1 Å². The van der Waals surface area contributed by atoms with Crippen LogP contribution in [0.15, 0.2) is 58.9 Å². The molecule has 0 radical (unpaired) electrons. The highest BCUT2D eigenvalue weighted by molar-refractivity contribution is 7.98. The van der Waals surface area contributed by atoms with Gasteiger partial charge < -0.3 is 26.3 Å². The Morgan fingerprint density at radius 1 is 1.12 bits per heavy atom. The van der Waals surface area contributed by atoms with E-state index in [1.807, 2.05) is 29.6 Å². The van der Waals surface area contributed by atoms with Crippen LogP contribution >= 0.6 is 34.7 Å². The lowest BCUT2D eigenvalue weighted by Gasteiger charge is -2.17. The highest BCUT2D eigenvalue weighted by atomic mass is 35.5. The average molecular weight is 718 g/mol. The molecule has 1 amide bonds. The van der Waals surface area contributed by atoms with E-state index >= 15 is 0 Å². The molecule has 0 saturated heterocycles. The van der Waals surface area contributed by atoms with Crippen LogP contribution in [0.1, 0.15) is 50.8 Å². The van der Waals surface area contributed by atoms with Crippen molar-refractivity contribution in [2.24, 2.45) is 5.73 Å². The Bertz CT molecular complexity index is 1840. The Hall–Kier alpha value is -4.66. The number of thioether (sulfide) groups is 1. The normalized spacial score (nSPS) is 12.0. The smallest absolute Gasteiger partial charge is 0.328 e. The Balaban J connectivity index is 1.36. The van der Waals surface area contributed by atoms with Crippen LogP contribution in [0.3, 0.4) is 0 Å². The molecule has 14 heteroatoms. The number of hydrogen-bond acceptors (Lipinski definition) is 11. The minimum absolute atomic E-state index is 0.0256. The molecule has 4 aromatic rings. The number of nitriles is 1. The van der Waals surface area contributed by atoms with Crippen LogP contribution in [0.4, 0.5) is 11.5 Å². The summed E-state index contributed by atoms with van der Waals surface area (Å²) in [5.74, 6) is -0.0273. The van der Waals surface area contributed by atoms with Gasteiger partial charge in [0.05, 0.1) is 23.9 Å². The summed E-state index contributed by atoms with van der Waals surface area (Å²) < 4.78 is 11.0. The first-order valence-corrected chi connectivity index (χ1v) is 17.8. The number of nitrogens with one attached hydrogen (secondary N) is 1. The highest BCUT2D eigenvalue weighted by Crippen LogP contribution is 2.42. The first-order chi connectivity index (χ1) is 23.6. The molecular weight excluding hydrogens is 682 g/mol. The van der Waals surface area contributed by atoms with Crippen molar-refractivity contribution in [3.8, 4) is 33.5 Å². The molecule has 2 atom stereocenters. The largest absolute Gasteiger partial charge is 0.490 e. The van der Waals surface area contributed by atoms with Gasteiger partial charge in [0.1, 0.15) is 46.9 Å². The fourth-order valence-corrected chi connectivity index (χ4v) is 6.63. The number of ether oxygens (including phenoxy) is 2. The van der Waals surface area contributed by atoms with Gasteiger partial charge in [-0.15, -0.1) is 11.3 Å². The van der Waals surface area contributed by atoms with Crippen LogP contribution in [0, 0.1) is 17.9 Å². The third-order valence-corrected chi connectivity index (χ3v) is 9.50. The van der Waals surface area contributed by atoms with E-state index in [2.05, 4.69) is 28.1 Å². The van der Waals surface area contributed by atoms with Crippen LogP contribution in [0.25, 0.3) is 26.5 Å². The lowest BCUT2D eigenvalue weighted by molar-refractivity contribution is -0.148. The summed E-state index contributed by atoms with van der Waals surface area (Å²) in [5, 5.41) is 16.6. The number of unbranched alkanes of at least 4 members (excludes halogenated alkanes) is 2. The second-order valence-corrected chi connectivity index (χ2v) is 13.2. The topological polar surface area (TPSA) is 171 Å². The van der Waals surface area contributed by atoms with Gasteiger partial charge in [0.25, 0.3) is 0 Å². The zero-order valence-corrected chi connectivity index (χ0v) is 29.5. The van der Waals surface area contributed by atoms with Crippen molar-refractivity contribution in [2.75, 3.05) is 18.9 Å². The fourth-order valence-electron chi connectivity index (χ4n) is 4.68. The molecule has 11 nitrogen and oxygen atoms in total. The van der Waals surface area contributed by atoms with E-state index in [-0.39, 0.29) is 36.2 Å². The molecule has 0 spiro atoms. The fraction of sp³-hybridized carbons (Fsp3) is 0.314. The second-order valence-electron chi connectivity index (χ2n) is 10.9. The summed E-state index contributed by atoms with van der Waals surface area (Å²) in [6, 6.07) is 15.0. The molecular formula is C35H36ClN7O4S2. The van der Waals surface area contributed by atoms with E-state index in [1.54, 1.807) is 31.2 Å². The lowest BCUT2D eigenvalue weighted by atomic mass is 10.00. The monoisotopic (exact) mass is 717 g/mol. The number of nitrogen functional groups attached to an aromatic ring is 1. The number of amides is 1. The number of pyridine rings is 1. The van der Waals surface area contributed by atoms with Crippen molar-refractivity contribution in [1.82, 2.24) is 15.3 Å². The van der Waals surface area contributed by atoms with Crippen molar-refractivity contribution in [1.29, 1.82) is 5.26 Å². The number of nitrogens with two attached hydrogens (primary N) is 2. The van der Waals surface area contributed by atoms with Gasteiger partial charge in [-0.1, -0.05) is 73.8 Å². The molecule has 0 aliphatic heterocycles. The quantitative estimate of drug-likeness (QED) is 0.0468. The van der Waals surface area contributed by atoms with E-state index in [4.69, 9.17) is 44.1 Å². The minimum Gasteiger partial charge on any atom is -0.490 e. The van der Waals surface area contributed by atoms with E-state index in [0.29, 0.717) is 39.1 Å². The van der Waals surface area contributed by atoms with Crippen molar-refractivity contribution < 1.29 is 19.1 Å². The van der Waals surface area contributed by atoms with Gasteiger partial charge in [-0.3, -0.25) is 4.79 Å². The second kappa shape index (κ2) is 18.2. The van der Waals surface area contributed by atoms with E-state index in [0.717, 1.165) is 35.5 Å². The number of rotatable bonds is 16.